The highest BCUT2D eigenvalue weighted by atomic mass is 16.6. The van der Waals surface area contributed by atoms with Crippen molar-refractivity contribution < 1.29 is 19.0 Å². The fourth-order valence-electron chi connectivity index (χ4n) is 3.81. The number of esters is 1. The lowest BCUT2D eigenvalue weighted by molar-refractivity contribution is -0.145. The van der Waals surface area contributed by atoms with E-state index in [1.165, 1.54) is 83.5 Å². The number of ether oxygens (including phenoxy) is 3. The normalized spacial score (nSPS) is 10.9. The molecule has 5 nitrogen and oxygen atoms in total. The maximum Gasteiger partial charge on any atom is 0.305 e. The molecule has 0 fully saturated rings. The van der Waals surface area contributed by atoms with Gasteiger partial charge < -0.3 is 19.9 Å². The van der Waals surface area contributed by atoms with Gasteiger partial charge in [-0.1, -0.05) is 96.8 Å². The number of nitrogen functional groups attached to an aromatic ring is 1. The summed E-state index contributed by atoms with van der Waals surface area (Å²) in [6, 6.07) is 7.26. The summed E-state index contributed by atoms with van der Waals surface area (Å²) in [5.41, 5.74) is 6.34. The van der Waals surface area contributed by atoms with Crippen LogP contribution in [0.1, 0.15) is 110 Å². The van der Waals surface area contributed by atoms with Gasteiger partial charge in [-0.05, 0) is 30.7 Å². The Balaban J connectivity index is 1.75. The van der Waals surface area contributed by atoms with Crippen LogP contribution in [0.4, 0.5) is 5.69 Å². The molecule has 0 aliphatic heterocycles. The molecule has 0 bridgehead atoms. The molecule has 1 aromatic carbocycles. The Labute approximate surface area is 202 Å². The van der Waals surface area contributed by atoms with Crippen LogP contribution in [0.5, 0.6) is 5.75 Å². The van der Waals surface area contributed by atoms with Gasteiger partial charge in [-0.3, -0.25) is 4.79 Å². The number of hydrogen-bond donors (Lipinski definition) is 1. The van der Waals surface area contributed by atoms with Gasteiger partial charge in [0.1, 0.15) is 19.0 Å². The van der Waals surface area contributed by atoms with Gasteiger partial charge in [0.05, 0.1) is 13.2 Å². The molecule has 0 radical (unpaired) electrons. The SMILES string of the molecule is CCCCCCCCCCCCCCCCCC(=O)OCCOCCOc1ccc(N)cc1. The van der Waals surface area contributed by atoms with E-state index in [9.17, 15) is 4.79 Å². The van der Waals surface area contributed by atoms with Crippen LogP contribution in [0.15, 0.2) is 24.3 Å². The second-order valence-electron chi connectivity index (χ2n) is 8.95. The molecule has 190 valence electrons. The maximum atomic E-state index is 11.8. The largest absolute Gasteiger partial charge is 0.491 e. The van der Waals surface area contributed by atoms with E-state index in [4.69, 9.17) is 19.9 Å². The van der Waals surface area contributed by atoms with Crippen molar-refractivity contribution in [3.05, 3.63) is 24.3 Å². The van der Waals surface area contributed by atoms with E-state index in [0.29, 0.717) is 38.5 Å². The van der Waals surface area contributed by atoms with Crippen molar-refractivity contribution in [3.8, 4) is 5.75 Å². The Morgan fingerprint density at radius 1 is 0.667 bits per heavy atom. The molecule has 0 saturated carbocycles. The molecule has 0 aliphatic carbocycles. The average molecular weight is 464 g/mol. The quantitative estimate of drug-likeness (QED) is 0.103. The van der Waals surface area contributed by atoms with E-state index in [-0.39, 0.29) is 5.97 Å². The lowest BCUT2D eigenvalue weighted by Crippen LogP contribution is -2.13. The van der Waals surface area contributed by atoms with Crippen LogP contribution >= 0.6 is 0 Å². The van der Waals surface area contributed by atoms with Gasteiger partial charge in [-0.15, -0.1) is 0 Å². The smallest absolute Gasteiger partial charge is 0.305 e. The number of anilines is 1. The number of nitrogens with two attached hydrogens (primary N) is 1. The first-order valence-corrected chi connectivity index (χ1v) is 13.4. The summed E-state index contributed by atoms with van der Waals surface area (Å²) in [6.45, 7) is 3.89. The van der Waals surface area contributed by atoms with Crippen LogP contribution < -0.4 is 10.5 Å². The lowest BCUT2D eigenvalue weighted by Gasteiger charge is -2.08. The Morgan fingerprint density at radius 2 is 1.15 bits per heavy atom. The summed E-state index contributed by atoms with van der Waals surface area (Å²) in [4.78, 5) is 11.8. The van der Waals surface area contributed by atoms with Gasteiger partial charge in [0, 0.05) is 12.1 Å². The Morgan fingerprint density at radius 3 is 1.70 bits per heavy atom. The monoisotopic (exact) mass is 463 g/mol. The molecule has 0 amide bonds. The van der Waals surface area contributed by atoms with Crippen molar-refractivity contribution in [3.63, 3.8) is 0 Å². The van der Waals surface area contributed by atoms with Crippen LogP contribution in [-0.2, 0) is 14.3 Å². The van der Waals surface area contributed by atoms with Crippen molar-refractivity contribution in [1.29, 1.82) is 0 Å². The number of benzene rings is 1. The van der Waals surface area contributed by atoms with Crippen LogP contribution in [0.3, 0.4) is 0 Å². The third kappa shape index (κ3) is 19.4. The van der Waals surface area contributed by atoms with E-state index in [0.717, 1.165) is 18.6 Å². The minimum Gasteiger partial charge on any atom is -0.491 e. The molecule has 33 heavy (non-hydrogen) atoms. The topological polar surface area (TPSA) is 70.8 Å². The van der Waals surface area contributed by atoms with E-state index in [1.54, 1.807) is 12.1 Å². The Hall–Kier alpha value is -1.75. The summed E-state index contributed by atoms with van der Waals surface area (Å²) < 4.78 is 16.2. The third-order valence-corrected chi connectivity index (χ3v) is 5.85. The van der Waals surface area contributed by atoms with Gasteiger partial charge in [-0.25, -0.2) is 0 Å². The highest BCUT2D eigenvalue weighted by molar-refractivity contribution is 5.69. The van der Waals surface area contributed by atoms with Crippen LogP contribution in [0.25, 0.3) is 0 Å². The molecule has 0 unspecified atom stereocenters. The zero-order chi connectivity index (χ0) is 23.8. The molecule has 0 aromatic heterocycles. The minimum absolute atomic E-state index is 0.119. The fraction of sp³-hybridized carbons (Fsp3) is 0.750. The highest BCUT2D eigenvalue weighted by Crippen LogP contribution is 2.14. The molecule has 1 aromatic rings. The summed E-state index contributed by atoms with van der Waals surface area (Å²) in [6.07, 6.45) is 20.4. The number of unbranched alkanes of at least 4 members (excludes halogenated alkanes) is 14. The summed E-state index contributed by atoms with van der Waals surface area (Å²) in [7, 11) is 0. The molecular formula is C28H49NO4. The zero-order valence-electron chi connectivity index (χ0n) is 21.2. The standard InChI is InChI=1S/C28H49NO4/c1-2-3-4-5-6-7-8-9-10-11-12-13-14-15-16-17-28(30)33-25-23-31-22-24-32-27-20-18-26(29)19-21-27/h18-21H,2-17,22-25,29H2,1H3. The molecule has 0 spiro atoms. The molecule has 5 heteroatoms. The van der Waals surface area contributed by atoms with Crippen molar-refractivity contribution in [2.45, 2.75) is 110 Å². The van der Waals surface area contributed by atoms with Crippen LogP contribution in [-0.4, -0.2) is 32.4 Å². The molecule has 0 saturated heterocycles. The first kappa shape index (κ1) is 29.3. The van der Waals surface area contributed by atoms with E-state index < -0.39 is 0 Å². The van der Waals surface area contributed by atoms with Crippen LogP contribution in [0, 0.1) is 0 Å². The Kier molecular flexibility index (Phi) is 19.6. The van der Waals surface area contributed by atoms with Crippen molar-refractivity contribution in [2.24, 2.45) is 0 Å². The van der Waals surface area contributed by atoms with Crippen molar-refractivity contribution >= 4 is 11.7 Å². The highest BCUT2D eigenvalue weighted by Gasteiger charge is 2.03. The second kappa shape index (κ2) is 22.1. The predicted octanol–water partition coefficient (Wildman–Crippen LogP) is 7.47. The van der Waals surface area contributed by atoms with Gasteiger partial charge in [0.2, 0.25) is 0 Å². The summed E-state index contributed by atoms with van der Waals surface area (Å²) in [5, 5.41) is 0. The van der Waals surface area contributed by atoms with Crippen LogP contribution in [0.2, 0.25) is 0 Å². The minimum atomic E-state index is -0.119. The maximum absolute atomic E-state index is 11.8. The Bertz CT molecular complexity index is 562. The first-order chi connectivity index (χ1) is 16.2. The third-order valence-electron chi connectivity index (χ3n) is 5.85. The number of rotatable bonds is 23. The van der Waals surface area contributed by atoms with E-state index >= 15 is 0 Å². The van der Waals surface area contributed by atoms with Gasteiger partial charge in [0.25, 0.3) is 0 Å². The van der Waals surface area contributed by atoms with Gasteiger partial charge in [0.15, 0.2) is 0 Å². The van der Waals surface area contributed by atoms with E-state index in [1.807, 2.05) is 12.1 Å². The van der Waals surface area contributed by atoms with Gasteiger partial charge in [-0.2, -0.15) is 0 Å². The van der Waals surface area contributed by atoms with Crippen molar-refractivity contribution in [2.75, 3.05) is 32.2 Å². The number of hydrogen-bond acceptors (Lipinski definition) is 5. The predicted molar refractivity (Wildman–Crippen MR) is 138 cm³/mol. The van der Waals surface area contributed by atoms with Gasteiger partial charge >= 0.3 is 5.97 Å². The molecule has 2 N–H and O–H groups in total. The van der Waals surface area contributed by atoms with E-state index in [2.05, 4.69) is 6.92 Å². The summed E-state index contributed by atoms with van der Waals surface area (Å²) >= 11 is 0. The number of carbonyl (C=O) groups excluding carboxylic acids is 1. The second-order valence-corrected chi connectivity index (χ2v) is 8.95. The zero-order valence-corrected chi connectivity index (χ0v) is 21.2. The fourth-order valence-corrected chi connectivity index (χ4v) is 3.81. The lowest BCUT2D eigenvalue weighted by atomic mass is 10.0. The molecule has 0 aliphatic rings. The molecule has 1 rings (SSSR count). The van der Waals surface area contributed by atoms with Crippen molar-refractivity contribution in [1.82, 2.24) is 0 Å². The molecule has 0 heterocycles. The molecular weight excluding hydrogens is 414 g/mol. The number of carbonyl (C=O) groups is 1. The first-order valence-electron chi connectivity index (χ1n) is 13.4. The molecule has 0 atom stereocenters. The summed E-state index contributed by atoms with van der Waals surface area (Å²) in [5.74, 6) is 0.647. The average Bonchev–Trinajstić information content (AvgIpc) is 2.82.